The van der Waals surface area contributed by atoms with Gasteiger partial charge >= 0.3 is 0 Å². The number of anilines is 1. The van der Waals surface area contributed by atoms with Crippen LogP contribution in [0.2, 0.25) is 0 Å². The molecule has 0 unspecified atom stereocenters. The van der Waals surface area contributed by atoms with Crippen LogP contribution in [0.25, 0.3) is 0 Å². The molecule has 1 heterocycles. The van der Waals surface area contributed by atoms with Gasteiger partial charge in [0.1, 0.15) is 5.75 Å². The first-order valence-corrected chi connectivity index (χ1v) is 7.80. The maximum Gasteiger partial charge on any atom is 0.262 e. The van der Waals surface area contributed by atoms with E-state index < -0.39 is 0 Å². The zero-order valence-electron chi connectivity index (χ0n) is 14.3. The Morgan fingerprint density at radius 1 is 1.30 bits per heavy atom. The molecular formula is C17H25N3O3. The van der Waals surface area contributed by atoms with Crippen LogP contribution in [0, 0.1) is 0 Å². The highest BCUT2D eigenvalue weighted by atomic mass is 16.5. The van der Waals surface area contributed by atoms with Gasteiger partial charge in [0.05, 0.1) is 11.7 Å². The van der Waals surface area contributed by atoms with Crippen molar-refractivity contribution in [1.29, 1.82) is 0 Å². The number of fused-ring (bicyclic) bond motifs is 1. The number of hydrogen-bond donors (Lipinski definition) is 3. The van der Waals surface area contributed by atoms with Crippen LogP contribution in [0.4, 0.5) is 5.69 Å². The Bertz CT molecular complexity index is 608. The summed E-state index contributed by atoms with van der Waals surface area (Å²) in [4.78, 5) is 23.6. The van der Waals surface area contributed by atoms with Gasteiger partial charge in [-0.1, -0.05) is 6.07 Å². The van der Waals surface area contributed by atoms with Crippen LogP contribution in [-0.2, 0) is 9.59 Å². The topological polar surface area (TPSA) is 79.5 Å². The van der Waals surface area contributed by atoms with E-state index in [9.17, 15) is 9.59 Å². The molecule has 0 bridgehead atoms. The molecule has 0 aliphatic carbocycles. The molecule has 126 valence electrons. The maximum absolute atomic E-state index is 12.2. The van der Waals surface area contributed by atoms with E-state index in [1.165, 1.54) is 0 Å². The molecule has 0 spiro atoms. The summed E-state index contributed by atoms with van der Waals surface area (Å²) in [6.07, 6.45) is 0. The Balaban J connectivity index is 2.03. The van der Waals surface area contributed by atoms with Gasteiger partial charge in [-0.05, 0) is 52.3 Å². The van der Waals surface area contributed by atoms with E-state index >= 15 is 0 Å². The number of hydrogen-bond acceptors (Lipinski definition) is 4. The minimum Gasteiger partial charge on any atom is -0.482 e. The van der Waals surface area contributed by atoms with Gasteiger partial charge in [-0.2, -0.15) is 0 Å². The highest BCUT2D eigenvalue weighted by Gasteiger charge is 2.22. The second-order valence-corrected chi connectivity index (χ2v) is 6.94. The Morgan fingerprint density at radius 3 is 2.65 bits per heavy atom. The predicted octanol–water partition coefficient (Wildman–Crippen LogP) is 1.97. The first kappa shape index (κ1) is 17.3. The van der Waals surface area contributed by atoms with Crippen LogP contribution in [-0.4, -0.2) is 30.0 Å². The van der Waals surface area contributed by atoms with Crippen molar-refractivity contribution in [2.24, 2.45) is 0 Å². The fourth-order valence-electron chi connectivity index (χ4n) is 2.39. The monoisotopic (exact) mass is 319 g/mol. The molecule has 2 amide bonds. The van der Waals surface area contributed by atoms with Gasteiger partial charge in [-0.3, -0.25) is 14.9 Å². The lowest BCUT2D eigenvalue weighted by Crippen LogP contribution is -2.49. The molecule has 0 aromatic heterocycles. The maximum atomic E-state index is 12.2. The minimum absolute atomic E-state index is 0.0418. The number of rotatable bonds is 4. The Labute approximate surface area is 137 Å². The van der Waals surface area contributed by atoms with Crippen molar-refractivity contribution in [3.05, 3.63) is 23.8 Å². The summed E-state index contributed by atoms with van der Waals surface area (Å²) >= 11 is 0. The third-order valence-electron chi connectivity index (χ3n) is 3.53. The molecule has 3 N–H and O–H groups in total. The molecule has 6 nitrogen and oxygen atoms in total. The van der Waals surface area contributed by atoms with Crippen LogP contribution in [0.5, 0.6) is 5.75 Å². The Morgan fingerprint density at radius 2 is 2.00 bits per heavy atom. The van der Waals surface area contributed by atoms with Gasteiger partial charge in [0, 0.05) is 11.6 Å². The quantitative estimate of drug-likeness (QED) is 0.793. The highest BCUT2D eigenvalue weighted by Crippen LogP contribution is 2.30. The van der Waals surface area contributed by atoms with E-state index in [2.05, 4.69) is 16.0 Å². The summed E-state index contributed by atoms with van der Waals surface area (Å²) < 4.78 is 5.35. The van der Waals surface area contributed by atoms with Crippen molar-refractivity contribution in [3.8, 4) is 5.75 Å². The van der Waals surface area contributed by atoms with Crippen LogP contribution in [0.15, 0.2) is 18.2 Å². The molecule has 1 aromatic carbocycles. The van der Waals surface area contributed by atoms with E-state index in [1.54, 1.807) is 0 Å². The number of carbonyl (C=O) groups is 2. The van der Waals surface area contributed by atoms with Gasteiger partial charge in [0.25, 0.3) is 5.91 Å². The zero-order valence-corrected chi connectivity index (χ0v) is 14.3. The lowest BCUT2D eigenvalue weighted by molar-refractivity contribution is -0.124. The molecule has 0 fully saturated rings. The number of amides is 2. The second-order valence-electron chi connectivity index (χ2n) is 6.94. The Kier molecular flexibility index (Phi) is 4.94. The average molecular weight is 319 g/mol. The molecule has 1 aromatic rings. The van der Waals surface area contributed by atoms with Crippen LogP contribution in [0.3, 0.4) is 0 Å². The summed E-state index contributed by atoms with van der Waals surface area (Å²) in [6, 6.07) is 5.27. The van der Waals surface area contributed by atoms with E-state index in [1.807, 2.05) is 52.8 Å². The summed E-state index contributed by atoms with van der Waals surface area (Å²) in [5, 5.41) is 9.02. The van der Waals surface area contributed by atoms with Gasteiger partial charge in [0.2, 0.25) is 5.91 Å². The summed E-state index contributed by atoms with van der Waals surface area (Å²) in [5.41, 5.74) is 1.38. The lowest BCUT2D eigenvalue weighted by Gasteiger charge is -2.26. The summed E-state index contributed by atoms with van der Waals surface area (Å²) in [5.74, 6) is 0.464. The molecule has 1 aliphatic heterocycles. The van der Waals surface area contributed by atoms with Crippen molar-refractivity contribution in [1.82, 2.24) is 10.6 Å². The molecule has 0 radical (unpaired) electrons. The van der Waals surface area contributed by atoms with Crippen LogP contribution >= 0.6 is 0 Å². The lowest BCUT2D eigenvalue weighted by atomic mass is 10.0. The van der Waals surface area contributed by atoms with Gasteiger partial charge < -0.3 is 15.4 Å². The molecule has 1 aliphatic rings. The molecule has 23 heavy (non-hydrogen) atoms. The normalized spacial score (nSPS) is 16.7. The van der Waals surface area contributed by atoms with Crippen molar-refractivity contribution in [2.75, 3.05) is 11.9 Å². The van der Waals surface area contributed by atoms with Gasteiger partial charge in [-0.15, -0.1) is 0 Å². The first-order valence-electron chi connectivity index (χ1n) is 7.80. The average Bonchev–Trinajstić information content (AvgIpc) is 2.44. The van der Waals surface area contributed by atoms with E-state index in [4.69, 9.17) is 4.74 Å². The summed E-state index contributed by atoms with van der Waals surface area (Å²) in [7, 11) is 0. The van der Waals surface area contributed by atoms with Crippen LogP contribution in [0.1, 0.15) is 46.2 Å². The predicted molar refractivity (Wildman–Crippen MR) is 89.5 cm³/mol. The molecular weight excluding hydrogens is 294 g/mol. The number of ether oxygens (including phenoxy) is 1. The zero-order chi connectivity index (χ0) is 17.2. The summed E-state index contributed by atoms with van der Waals surface area (Å²) in [6.45, 7) is 9.72. The molecule has 0 saturated heterocycles. The highest BCUT2D eigenvalue weighted by molar-refractivity contribution is 5.95. The second kappa shape index (κ2) is 6.58. The SMILES string of the molecule is C[C@H](N[C@H](C)C(=O)NC(C)(C)C)c1ccc2c(c1)NC(=O)CO2. The van der Waals surface area contributed by atoms with Crippen molar-refractivity contribution in [2.45, 2.75) is 52.2 Å². The van der Waals surface area contributed by atoms with Crippen molar-refractivity contribution < 1.29 is 14.3 Å². The molecule has 2 atom stereocenters. The van der Waals surface area contributed by atoms with Crippen molar-refractivity contribution >= 4 is 17.5 Å². The third-order valence-corrected chi connectivity index (χ3v) is 3.53. The van der Waals surface area contributed by atoms with Crippen molar-refractivity contribution in [3.63, 3.8) is 0 Å². The first-order chi connectivity index (χ1) is 10.7. The van der Waals surface area contributed by atoms with Gasteiger partial charge in [-0.25, -0.2) is 0 Å². The fourth-order valence-corrected chi connectivity index (χ4v) is 2.39. The van der Waals surface area contributed by atoms with Crippen LogP contribution < -0.4 is 20.7 Å². The standard InChI is InChI=1S/C17H25N3O3/c1-10(18-11(2)16(22)20-17(3,4)5)12-6-7-14-13(8-12)19-15(21)9-23-14/h6-8,10-11,18H,9H2,1-5H3,(H,19,21)(H,20,22)/t10-,11+/m0/s1. The number of nitrogens with one attached hydrogen (secondary N) is 3. The minimum atomic E-state index is -0.328. The smallest absolute Gasteiger partial charge is 0.262 e. The van der Waals surface area contributed by atoms with Gasteiger partial charge in [0.15, 0.2) is 6.61 Å². The third kappa shape index (κ3) is 4.69. The van der Waals surface area contributed by atoms with E-state index in [0.717, 1.165) is 5.56 Å². The number of benzene rings is 1. The van der Waals surface area contributed by atoms with E-state index in [-0.39, 0.29) is 36.0 Å². The fraction of sp³-hybridized carbons (Fsp3) is 0.529. The molecule has 2 rings (SSSR count). The molecule has 0 saturated carbocycles. The van der Waals surface area contributed by atoms with E-state index in [0.29, 0.717) is 11.4 Å². The Hall–Kier alpha value is -2.08. The molecule has 6 heteroatoms. The number of carbonyl (C=O) groups excluding carboxylic acids is 2. The largest absolute Gasteiger partial charge is 0.482 e.